The van der Waals surface area contributed by atoms with Gasteiger partial charge in [-0.25, -0.2) is 0 Å². The van der Waals surface area contributed by atoms with Crippen molar-refractivity contribution in [3.8, 4) is 0 Å². The Labute approximate surface area is 126 Å². The van der Waals surface area contributed by atoms with E-state index < -0.39 is 0 Å². The number of carbonyl (C=O) groups is 1. The summed E-state index contributed by atoms with van der Waals surface area (Å²) in [5, 5.41) is 3.02. The summed E-state index contributed by atoms with van der Waals surface area (Å²) in [5.41, 5.74) is 3.87. The van der Waals surface area contributed by atoms with Crippen LogP contribution in [0.5, 0.6) is 0 Å². The lowest BCUT2D eigenvalue weighted by Gasteiger charge is -2.15. The van der Waals surface area contributed by atoms with Gasteiger partial charge in [0.05, 0.1) is 0 Å². The van der Waals surface area contributed by atoms with E-state index in [1.165, 1.54) is 5.56 Å². The van der Waals surface area contributed by atoms with E-state index in [9.17, 15) is 4.79 Å². The molecule has 0 aromatic heterocycles. The summed E-state index contributed by atoms with van der Waals surface area (Å²) in [4.78, 5) is 12.3. The Balaban J connectivity index is 2.29. The lowest BCUT2D eigenvalue weighted by molar-refractivity contribution is 0.102. The van der Waals surface area contributed by atoms with E-state index >= 15 is 0 Å². The number of hydrogen-bond acceptors (Lipinski definition) is 1. The summed E-state index contributed by atoms with van der Waals surface area (Å²) in [6.45, 7) is 6.20. The zero-order valence-electron chi connectivity index (χ0n) is 12.8. The van der Waals surface area contributed by atoms with Gasteiger partial charge in [-0.2, -0.15) is 0 Å². The van der Waals surface area contributed by atoms with Crippen molar-refractivity contribution in [3.63, 3.8) is 0 Å². The number of nitrogens with one attached hydrogen (secondary N) is 1. The monoisotopic (exact) mass is 279 g/mol. The first kappa shape index (κ1) is 15.0. The Bertz CT molecular complexity index is 644. The summed E-state index contributed by atoms with van der Waals surface area (Å²) in [6.07, 6.45) is 4.17. The molecule has 0 bridgehead atoms. The highest BCUT2D eigenvalue weighted by Gasteiger charge is 2.12. The molecular weight excluding hydrogens is 258 g/mol. The van der Waals surface area contributed by atoms with Crippen LogP contribution < -0.4 is 5.32 Å². The molecule has 1 atom stereocenters. The first-order valence-electron chi connectivity index (χ1n) is 7.21. The average molecular weight is 279 g/mol. The highest BCUT2D eigenvalue weighted by Crippen LogP contribution is 2.27. The zero-order valence-corrected chi connectivity index (χ0v) is 12.8. The van der Waals surface area contributed by atoms with Crippen LogP contribution in [0.15, 0.2) is 60.7 Å². The summed E-state index contributed by atoms with van der Waals surface area (Å²) in [7, 11) is 0. The van der Waals surface area contributed by atoms with Crippen LogP contribution >= 0.6 is 0 Å². The number of benzene rings is 2. The zero-order chi connectivity index (χ0) is 15.2. The van der Waals surface area contributed by atoms with Gasteiger partial charge in [0.2, 0.25) is 0 Å². The fourth-order valence-corrected chi connectivity index (χ4v) is 2.35. The van der Waals surface area contributed by atoms with E-state index in [1.807, 2.05) is 55.5 Å². The van der Waals surface area contributed by atoms with Crippen molar-refractivity contribution in [2.24, 2.45) is 0 Å². The lowest BCUT2D eigenvalue weighted by Crippen LogP contribution is -2.13. The Hall–Kier alpha value is -2.35. The lowest BCUT2D eigenvalue weighted by atomic mass is 9.96. The number of amides is 1. The van der Waals surface area contributed by atoms with Gasteiger partial charge in [0.25, 0.3) is 5.91 Å². The van der Waals surface area contributed by atoms with Crippen LogP contribution in [0.4, 0.5) is 5.69 Å². The molecule has 0 aliphatic rings. The number of hydrogen-bond donors (Lipinski definition) is 1. The maximum absolute atomic E-state index is 12.3. The minimum Gasteiger partial charge on any atom is -0.322 e. The second-order valence-corrected chi connectivity index (χ2v) is 5.23. The molecule has 1 unspecified atom stereocenters. The Morgan fingerprint density at radius 2 is 1.86 bits per heavy atom. The fraction of sp³-hybridized carbons (Fsp3) is 0.211. The van der Waals surface area contributed by atoms with Crippen molar-refractivity contribution >= 4 is 11.6 Å². The summed E-state index contributed by atoms with van der Waals surface area (Å²) >= 11 is 0. The molecule has 2 rings (SSSR count). The molecule has 0 aliphatic carbocycles. The molecule has 2 aromatic carbocycles. The molecule has 0 spiro atoms. The van der Waals surface area contributed by atoms with Crippen molar-refractivity contribution in [2.75, 3.05) is 5.32 Å². The van der Waals surface area contributed by atoms with Gasteiger partial charge < -0.3 is 5.32 Å². The SMILES string of the molecule is C/C=C/C(C)c1cc(C)ccc1NC(=O)c1ccccc1. The van der Waals surface area contributed by atoms with E-state index in [4.69, 9.17) is 0 Å². The van der Waals surface area contributed by atoms with Crippen LogP contribution in [0.1, 0.15) is 41.3 Å². The van der Waals surface area contributed by atoms with E-state index in [2.05, 4.69) is 31.3 Å². The highest BCUT2D eigenvalue weighted by molar-refractivity contribution is 6.04. The molecular formula is C19H21NO. The predicted octanol–water partition coefficient (Wildman–Crippen LogP) is 4.93. The van der Waals surface area contributed by atoms with Gasteiger partial charge in [-0.15, -0.1) is 0 Å². The summed E-state index contributed by atoms with van der Waals surface area (Å²) in [5.74, 6) is 0.189. The number of rotatable bonds is 4. The smallest absolute Gasteiger partial charge is 0.255 e. The minimum atomic E-state index is -0.0756. The molecule has 2 heteroatoms. The normalized spacial score (nSPS) is 12.3. The summed E-state index contributed by atoms with van der Waals surface area (Å²) < 4.78 is 0. The first-order valence-corrected chi connectivity index (χ1v) is 7.21. The number of anilines is 1. The minimum absolute atomic E-state index is 0.0756. The fourth-order valence-electron chi connectivity index (χ4n) is 2.35. The van der Waals surface area contributed by atoms with Crippen molar-refractivity contribution < 1.29 is 4.79 Å². The van der Waals surface area contributed by atoms with Gasteiger partial charge in [-0.3, -0.25) is 4.79 Å². The molecule has 1 N–H and O–H groups in total. The molecule has 0 fully saturated rings. The van der Waals surface area contributed by atoms with Crippen molar-refractivity contribution in [3.05, 3.63) is 77.4 Å². The standard InChI is InChI=1S/C19H21NO/c1-4-8-15(3)17-13-14(2)11-12-18(17)20-19(21)16-9-6-5-7-10-16/h4-13,15H,1-3H3,(H,20,21)/b8-4+. The van der Waals surface area contributed by atoms with Crippen molar-refractivity contribution in [1.82, 2.24) is 0 Å². The highest BCUT2D eigenvalue weighted by atomic mass is 16.1. The molecule has 0 saturated carbocycles. The third kappa shape index (κ3) is 3.82. The van der Waals surface area contributed by atoms with Crippen LogP contribution in [-0.4, -0.2) is 5.91 Å². The third-order valence-corrected chi connectivity index (χ3v) is 3.46. The van der Waals surface area contributed by atoms with E-state index in [-0.39, 0.29) is 11.8 Å². The molecule has 0 aliphatic heterocycles. The molecule has 0 heterocycles. The quantitative estimate of drug-likeness (QED) is 0.790. The van der Waals surface area contributed by atoms with Crippen molar-refractivity contribution in [1.29, 1.82) is 0 Å². The topological polar surface area (TPSA) is 29.1 Å². The van der Waals surface area contributed by atoms with Gasteiger partial charge in [0.15, 0.2) is 0 Å². The molecule has 0 saturated heterocycles. The van der Waals surface area contributed by atoms with Gasteiger partial charge in [0, 0.05) is 17.2 Å². The maximum atomic E-state index is 12.3. The van der Waals surface area contributed by atoms with Crippen LogP contribution in [0.25, 0.3) is 0 Å². The Morgan fingerprint density at radius 3 is 2.52 bits per heavy atom. The number of carbonyl (C=O) groups excluding carboxylic acids is 1. The summed E-state index contributed by atoms with van der Waals surface area (Å²) in [6, 6.07) is 15.4. The predicted molar refractivity (Wildman–Crippen MR) is 88.8 cm³/mol. The van der Waals surface area contributed by atoms with Crippen LogP contribution in [-0.2, 0) is 0 Å². The second kappa shape index (κ2) is 6.89. The number of allylic oxidation sites excluding steroid dienone is 2. The van der Waals surface area contributed by atoms with E-state index in [0.29, 0.717) is 5.56 Å². The Morgan fingerprint density at radius 1 is 1.14 bits per heavy atom. The second-order valence-electron chi connectivity index (χ2n) is 5.23. The molecule has 2 aromatic rings. The molecule has 2 nitrogen and oxygen atoms in total. The van der Waals surface area contributed by atoms with Gasteiger partial charge in [-0.05, 0) is 37.6 Å². The van der Waals surface area contributed by atoms with Crippen LogP contribution in [0.2, 0.25) is 0 Å². The molecule has 0 radical (unpaired) electrons. The van der Waals surface area contributed by atoms with Crippen LogP contribution in [0, 0.1) is 6.92 Å². The molecule has 108 valence electrons. The first-order chi connectivity index (χ1) is 10.1. The molecule has 21 heavy (non-hydrogen) atoms. The van der Waals surface area contributed by atoms with Crippen LogP contribution in [0.3, 0.4) is 0 Å². The van der Waals surface area contributed by atoms with Gasteiger partial charge in [-0.1, -0.05) is 55.0 Å². The average Bonchev–Trinajstić information content (AvgIpc) is 2.50. The maximum Gasteiger partial charge on any atom is 0.255 e. The largest absolute Gasteiger partial charge is 0.322 e. The Kier molecular flexibility index (Phi) is 4.94. The van der Waals surface area contributed by atoms with Gasteiger partial charge in [0.1, 0.15) is 0 Å². The number of aryl methyl sites for hydroxylation is 1. The third-order valence-electron chi connectivity index (χ3n) is 3.46. The van der Waals surface area contributed by atoms with E-state index in [1.54, 1.807) is 0 Å². The van der Waals surface area contributed by atoms with E-state index in [0.717, 1.165) is 11.3 Å². The van der Waals surface area contributed by atoms with Gasteiger partial charge >= 0.3 is 0 Å². The van der Waals surface area contributed by atoms with Crippen molar-refractivity contribution in [2.45, 2.75) is 26.7 Å². The molecule has 1 amide bonds.